The number of hydrogen-bond acceptors (Lipinski definition) is 7. The summed E-state index contributed by atoms with van der Waals surface area (Å²) < 4.78 is 32.7. The fourth-order valence-electron chi connectivity index (χ4n) is 4.61. The third kappa shape index (κ3) is 5.69. The summed E-state index contributed by atoms with van der Waals surface area (Å²) in [5, 5.41) is 3.46. The number of halogens is 1. The average molecular weight is 585 g/mol. The third-order valence-electron chi connectivity index (χ3n) is 6.86. The zero-order valence-corrected chi connectivity index (χ0v) is 24.2. The van der Waals surface area contributed by atoms with Crippen LogP contribution >= 0.6 is 0 Å². The summed E-state index contributed by atoms with van der Waals surface area (Å²) in [5.41, 5.74) is 0.223. The Morgan fingerprint density at radius 2 is 1.60 bits per heavy atom. The van der Waals surface area contributed by atoms with Gasteiger partial charge in [-0.15, -0.1) is 0 Å². The van der Waals surface area contributed by atoms with Crippen LogP contribution in [0.1, 0.15) is 35.8 Å². The molecule has 5 aromatic rings. The first-order chi connectivity index (χ1) is 20.6. The van der Waals surface area contributed by atoms with Crippen molar-refractivity contribution >= 4 is 22.5 Å². The van der Waals surface area contributed by atoms with Crippen molar-refractivity contribution in [1.82, 2.24) is 14.1 Å². The molecule has 0 fully saturated rings. The second kappa shape index (κ2) is 11.8. The number of aromatic nitrogens is 3. The first-order valence-corrected chi connectivity index (χ1v) is 13.4. The number of nitrogens with zero attached hydrogens (tertiary/aromatic N) is 3. The Kier molecular flexibility index (Phi) is 7.98. The standard InChI is InChI=1S/C32H29FN4O6/c1-18(2)36-17-24(31(39)37(32(36)40)22-9-6-20(33)7-10-22)30(38)35-21-8-11-26(19(3)14-21)43-27-12-13-34-25-16-29(42-5)28(41-4)15-23(25)27/h6-18H,1-5H3,(H,35,38). The van der Waals surface area contributed by atoms with Crippen molar-refractivity contribution in [3.8, 4) is 28.7 Å². The number of hydrogen-bond donors (Lipinski definition) is 1. The van der Waals surface area contributed by atoms with Crippen LogP contribution in [-0.2, 0) is 0 Å². The molecule has 0 radical (unpaired) electrons. The maximum absolute atomic E-state index is 13.5. The number of benzene rings is 3. The van der Waals surface area contributed by atoms with Gasteiger partial charge in [-0.2, -0.15) is 0 Å². The van der Waals surface area contributed by atoms with Crippen LogP contribution in [0.2, 0.25) is 0 Å². The van der Waals surface area contributed by atoms with E-state index < -0.39 is 23.0 Å². The van der Waals surface area contributed by atoms with Gasteiger partial charge in [0.25, 0.3) is 11.5 Å². The fraction of sp³-hybridized carbons (Fsp3) is 0.188. The van der Waals surface area contributed by atoms with Gasteiger partial charge in [0, 0.05) is 35.6 Å². The van der Waals surface area contributed by atoms with Gasteiger partial charge in [0.15, 0.2) is 11.5 Å². The predicted octanol–water partition coefficient (Wildman–Crippen LogP) is 5.64. The van der Waals surface area contributed by atoms with Gasteiger partial charge in [0.2, 0.25) is 0 Å². The molecule has 2 heterocycles. The Morgan fingerprint density at radius 3 is 2.26 bits per heavy atom. The number of aryl methyl sites for hydroxylation is 1. The van der Waals surface area contributed by atoms with Gasteiger partial charge in [-0.05, 0) is 80.9 Å². The molecular formula is C32H29FN4O6. The molecule has 5 rings (SSSR count). The monoisotopic (exact) mass is 584 g/mol. The van der Waals surface area contributed by atoms with Crippen LogP contribution in [0.4, 0.5) is 10.1 Å². The molecule has 0 bridgehead atoms. The van der Waals surface area contributed by atoms with Gasteiger partial charge < -0.3 is 19.5 Å². The van der Waals surface area contributed by atoms with E-state index in [1.807, 2.05) is 6.92 Å². The molecule has 2 aromatic heterocycles. The lowest BCUT2D eigenvalue weighted by molar-refractivity contribution is 0.102. The summed E-state index contributed by atoms with van der Waals surface area (Å²) >= 11 is 0. The first kappa shape index (κ1) is 29.1. The summed E-state index contributed by atoms with van der Waals surface area (Å²) in [6, 6.07) is 14.9. The Hall–Kier alpha value is -5.45. The molecule has 0 aliphatic rings. The van der Waals surface area contributed by atoms with E-state index in [1.54, 1.807) is 70.7 Å². The van der Waals surface area contributed by atoms with Gasteiger partial charge in [0.05, 0.1) is 25.4 Å². The summed E-state index contributed by atoms with van der Waals surface area (Å²) in [6.45, 7) is 5.32. The first-order valence-electron chi connectivity index (χ1n) is 13.4. The molecule has 0 aliphatic heterocycles. The topological polar surface area (TPSA) is 114 Å². The molecule has 3 aromatic carbocycles. The van der Waals surface area contributed by atoms with Gasteiger partial charge >= 0.3 is 5.69 Å². The number of anilines is 1. The molecule has 220 valence electrons. The van der Waals surface area contributed by atoms with Crippen LogP contribution in [0.15, 0.2) is 82.6 Å². The van der Waals surface area contributed by atoms with E-state index >= 15 is 0 Å². The number of rotatable bonds is 8. The van der Waals surface area contributed by atoms with Gasteiger partial charge in [-0.3, -0.25) is 19.1 Å². The molecule has 43 heavy (non-hydrogen) atoms. The zero-order chi connectivity index (χ0) is 30.8. The van der Waals surface area contributed by atoms with Crippen LogP contribution in [0.25, 0.3) is 16.6 Å². The summed E-state index contributed by atoms with van der Waals surface area (Å²) in [4.78, 5) is 44.2. The van der Waals surface area contributed by atoms with Crippen molar-refractivity contribution in [2.75, 3.05) is 19.5 Å². The van der Waals surface area contributed by atoms with Crippen molar-refractivity contribution in [1.29, 1.82) is 0 Å². The van der Waals surface area contributed by atoms with E-state index in [4.69, 9.17) is 14.2 Å². The summed E-state index contributed by atoms with van der Waals surface area (Å²) in [7, 11) is 3.10. The number of carbonyl (C=O) groups is 1. The molecule has 0 unspecified atom stereocenters. The lowest BCUT2D eigenvalue weighted by atomic mass is 10.1. The number of pyridine rings is 1. The lowest BCUT2D eigenvalue weighted by Gasteiger charge is -2.16. The number of carbonyl (C=O) groups excluding carboxylic acids is 1. The minimum absolute atomic E-state index is 0.150. The zero-order valence-electron chi connectivity index (χ0n) is 24.2. The van der Waals surface area contributed by atoms with E-state index in [1.165, 1.54) is 22.9 Å². The predicted molar refractivity (Wildman–Crippen MR) is 161 cm³/mol. The quantitative estimate of drug-likeness (QED) is 0.251. The highest BCUT2D eigenvalue weighted by Gasteiger charge is 2.20. The smallest absolute Gasteiger partial charge is 0.335 e. The van der Waals surface area contributed by atoms with Gasteiger partial charge in [-0.25, -0.2) is 13.8 Å². The van der Waals surface area contributed by atoms with Crippen LogP contribution < -0.4 is 30.8 Å². The van der Waals surface area contributed by atoms with Crippen LogP contribution in [0, 0.1) is 12.7 Å². The summed E-state index contributed by atoms with van der Waals surface area (Å²) in [6.07, 6.45) is 2.87. The molecular weight excluding hydrogens is 555 g/mol. The number of methoxy groups -OCH3 is 2. The highest BCUT2D eigenvalue weighted by atomic mass is 19.1. The average Bonchev–Trinajstić information content (AvgIpc) is 2.98. The molecule has 11 heteroatoms. The number of ether oxygens (including phenoxy) is 3. The van der Waals surface area contributed by atoms with E-state index in [0.717, 1.165) is 22.1 Å². The number of amides is 1. The molecule has 0 spiro atoms. The highest BCUT2D eigenvalue weighted by Crippen LogP contribution is 2.37. The third-order valence-corrected chi connectivity index (χ3v) is 6.86. The Labute approximate surface area is 245 Å². The Bertz CT molecular complexity index is 1960. The second-order valence-corrected chi connectivity index (χ2v) is 10.0. The molecule has 10 nitrogen and oxygen atoms in total. The Balaban J connectivity index is 1.45. The summed E-state index contributed by atoms with van der Waals surface area (Å²) in [5.74, 6) is 0.934. The fourth-order valence-corrected chi connectivity index (χ4v) is 4.61. The lowest BCUT2D eigenvalue weighted by Crippen LogP contribution is -2.42. The molecule has 0 saturated carbocycles. The van der Waals surface area contributed by atoms with Gasteiger partial charge in [0.1, 0.15) is 22.9 Å². The van der Waals surface area contributed by atoms with Crippen LogP contribution in [-0.4, -0.2) is 34.2 Å². The van der Waals surface area contributed by atoms with Crippen molar-refractivity contribution < 1.29 is 23.4 Å². The molecule has 0 saturated heterocycles. The maximum Gasteiger partial charge on any atom is 0.335 e. The van der Waals surface area contributed by atoms with Crippen molar-refractivity contribution in [3.63, 3.8) is 0 Å². The number of fused-ring (bicyclic) bond motifs is 1. The molecule has 1 amide bonds. The second-order valence-electron chi connectivity index (χ2n) is 10.0. The Morgan fingerprint density at radius 1 is 0.907 bits per heavy atom. The van der Waals surface area contributed by atoms with E-state index in [0.29, 0.717) is 39.8 Å². The van der Waals surface area contributed by atoms with Crippen LogP contribution in [0.3, 0.4) is 0 Å². The maximum atomic E-state index is 13.5. The van der Waals surface area contributed by atoms with E-state index in [9.17, 15) is 18.8 Å². The van der Waals surface area contributed by atoms with Crippen molar-refractivity contribution in [2.45, 2.75) is 26.8 Å². The minimum Gasteiger partial charge on any atom is -0.493 e. The van der Waals surface area contributed by atoms with Crippen LogP contribution in [0.5, 0.6) is 23.0 Å². The molecule has 1 N–H and O–H groups in total. The molecule has 0 atom stereocenters. The minimum atomic E-state index is -0.820. The number of nitrogens with one attached hydrogen (secondary N) is 1. The highest BCUT2D eigenvalue weighted by molar-refractivity contribution is 6.04. The van der Waals surface area contributed by atoms with E-state index in [-0.39, 0.29) is 17.3 Å². The molecule has 0 aliphatic carbocycles. The van der Waals surface area contributed by atoms with E-state index in [2.05, 4.69) is 10.3 Å². The van der Waals surface area contributed by atoms with Crippen molar-refractivity contribution in [3.05, 3.63) is 111 Å². The van der Waals surface area contributed by atoms with Gasteiger partial charge in [-0.1, -0.05) is 0 Å². The van der Waals surface area contributed by atoms with Crippen molar-refractivity contribution in [2.24, 2.45) is 0 Å². The largest absolute Gasteiger partial charge is 0.493 e. The normalized spacial score (nSPS) is 11.0. The SMILES string of the molecule is COc1cc2nccc(Oc3ccc(NC(=O)c4cn(C(C)C)c(=O)n(-c5ccc(F)cc5)c4=O)cc3C)c2cc1OC.